The van der Waals surface area contributed by atoms with Gasteiger partial charge in [-0.3, -0.25) is 14.5 Å². The number of nitrogens with one attached hydrogen (secondary N) is 1. The summed E-state index contributed by atoms with van der Waals surface area (Å²) >= 11 is 0. The number of hydrogen-bond acceptors (Lipinski definition) is 4. The Kier molecular flexibility index (Phi) is 4.93. The lowest BCUT2D eigenvalue weighted by Gasteiger charge is -2.27. The van der Waals surface area contributed by atoms with E-state index in [2.05, 4.69) is 5.32 Å². The Hall–Kier alpha value is -0.940. The Bertz CT molecular complexity index is 336. The third kappa shape index (κ3) is 3.15. The lowest BCUT2D eigenvalue weighted by molar-refractivity contribution is -0.141. The Morgan fingerprint density at radius 2 is 2.11 bits per heavy atom. The number of carbonyl (C=O) groups excluding carboxylic acids is 2. The molecular formula is C14H24N2O3. The minimum atomic E-state index is -0.347. The van der Waals surface area contributed by atoms with Crippen molar-refractivity contribution in [1.29, 1.82) is 0 Å². The highest BCUT2D eigenvalue weighted by Crippen LogP contribution is 2.21. The van der Waals surface area contributed by atoms with E-state index >= 15 is 0 Å². The van der Waals surface area contributed by atoms with Gasteiger partial charge in [0, 0.05) is 18.7 Å². The van der Waals surface area contributed by atoms with Crippen molar-refractivity contribution in [2.24, 2.45) is 0 Å². The molecule has 5 heteroatoms. The van der Waals surface area contributed by atoms with Gasteiger partial charge in [0.15, 0.2) is 0 Å². The summed E-state index contributed by atoms with van der Waals surface area (Å²) < 4.78 is 5.40. The molecule has 2 aliphatic heterocycles. The van der Waals surface area contributed by atoms with E-state index in [9.17, 15) is 9.59 Å². The summed E-state index contributed by atoms with van der Waals surface area (Å²) in [5.41, 5.74) is 0. The minimum absolute atomic E-state index is 0.0343. The van der Waals surface area contributed by atoms with Crippen LogP contribution in [0.25, 0.3) is 0 Å². The molecule has 2 amide bonds. The number of carbonyl (C=O) groups is 2. The second-order valence-electron chi connectivity index (χ2n) is 5.41. The number of amides is 2. The van der Waals surface area contributed by atoms with Gasteiger partial charge in [-0.15, -0.1) is 0 Å². The molecule has 2 fully saturated rings. The summed E-state index contributed by atoms with van der Waals surface area (Å²) in [6.45, 7) is 5.48. The molecule has 2 unspecified atom stereocenters. The summed E-state index contributed by atoms with van der Waals surface area (Å²) in [5.74, 6) is -0.0859. The average Bonchev–Trinajstić information content (AvgIpc) is 2.69. The maximum Gasteiger partial charge on any atom is 0.247 e. The zero-order valence-corrected chi connectivity index (χ0v) is 11.9. The lowest BCUT2D eigenvalue weighted by Crippen LogP contribution is -2.48. The number of rotatable bonds is 5. The number of ether oxygens (including phenoxy) is 1. The molecule has 0 aromatic heterocycles. The second kappa shape index (κ2) is 6.48. The van der Waals surface area contributed by atoms with Crippen LogP contribution in [-0.2, 0) is 14.3 Å². The highest BCUT2D eigenvalue weighted by Gasteiger charge is 2.42. The Labute approximate surface area is 114 Å². The van der Waals surface area contributed by atoms with Crippen LogP contribution in [0.3, 0.4) is 0 Å². The van der Waals surface area contributed by atoms with Gasteiger partial charge in [-0.1, -0.05) is 13.8 Å². The number of nitrogens with zero attached hydrogens (tertiary/aromatic N) is 1. The quantitative estimate of drug-likeness (QED) is 0.758. The van der Waals surface area contributed by atoms with E-state index in [0.29, 0.717) is 13.0 Å². The lowest BCUT2D eigenvalue weighted by atomic mass is 10.1. The molecular weight excluding hydrogens is 244 g/mol. The minimum Gasteiger partial charge on any atom is -0.380 e. The summed E-state index contributed by atoms with van der Waals surface area (Å²) in [7, 11) is 0. The van der Waals surface area contributed by atoms with Gasteiger partial charge >= 0.3 is 0 Å². The highest BCUT2D eigenvalue weighted by molar-refractivity contribution is 6.05. The standard InChI is InChI=1S/C14H24N2O3/c1-3-11(4-2)16-13(17)8-12(14(16)18)15-10-6-5-7-19-9-10/h10-12,15H,3-9H2,1-2H3. The molecule has 0 radical (unpaired) electrons. The van der Waals surface area contributed by atoms with E-state index < -0.39 is 0 Å². The van der Waals surface area contributed by atoms with E-state index in [1.807, 2.05) is 13.8 Å². The van der Waals surface area contributed by atoms with Gasteiger partial charge < -0.3 is 10.1 Å². The van der Waals surface area contributed by atoms with Crippen LogP contribution >= 0.6 is 0 Å². The van der Waals surface area contributed by atoms with Crippen LogP contribution in [0, 0.1) is 0 Å². The molecule has 0 saturated carbocycles. The van der Waals surface area contributed by atoms with E-state index in [-0.39, 0.29) is 29.9 Å². The van der Waals surface area contributed by atoms with E-state index in [4.69, 9.17) is 4.74 Å². The zero-order chi connectivity index (χ0) is 13.8. The predicted octanol–water partition coefficient (Wildman–Crippen LogP) is 1.07. The molecule has 0 bridgehead atoms. The van der Waals surface area contributed by atoms with Crippen LogP contribution in [0.5, 0.6) is 0 Å². The fourth-order valence-electron chi connectivity index (χ4n) is 2.98. The highest BCUT2D eigenvalue weighted by atomic mass is 16.5. The van der Waals surface area contributed by atoms with Crippen molar-refractivity contribution in [2.45, 2.75) is 64.1 Å². The fourth-order valence-corrected chi connectivity index (χ4v) is 2.98. The molecule has 2 saturated heterocycles. The molecule has 0 aromatic rings. The van der Waals surface area contributed by atoms with Gasteiger partial charge in [-0.2, -0.15) is 0 Å². The third-order valence-electron chi connectivity index (χ3n) is 4.09. The first-order valence-corrected chi connectivity index (χ1v) is 7.37. The summed E-state index contributed by atoms with van der Waals surface area (Å²) in [6, 6.07) is -0.0913. The normalized spacial score (nSPS) is 28.5. The molecule has 108 valence electrons. The van der Waals surface area contributed by atoms with Crippen LogP contribution < -0.4 is 5.32 Å². The van der Waals surface area contributed by atoms with Crippen molar-refractivity contribution in [3.63, 3.8) is 0 Å². The fraction of sp³-hybridized carbons (Fsp3) is 0.857. The maximum atomic E-state index is 12.4. The van der Waals surface area contributed by atoms with Crippen LogP contribution in [0.1, 0.15) is 46.0 Å². The van der Waals surface area contributed by atoms with Gasteiger partial charge in [0.1, 0.15) is 0 Å². The third-order valence-corrected chi connectivity index (χ3v) is 4.09. The van der Waals surface area contributed by atoms with Gasteiger partial charge in [-0.25, -0.2) is 0 Å². The first-order valence-electron chi connectivity index (χ1n) is 7.37. The van der Waals surface area contributed by atoms with Gasteiger partial charge in [0.05, 0.1) is 19.1 Å². The second-order valence-corrected chi connectivity index (χ2v) is 5.41. The molecule has 0 aromatic carbocycles. The van der Waals surface area contributed by atoms with Crippen LogP contribution in [0.15, 0.2) is 0 Å². The average molecular weight is 268 g/mol. The van der Waals surface area contributed by atoms with Crippen LogP contribution in [-0.4, -0.2) is 48.1 Å². The number of imide groups is 1. The Morgan fingerprint density at radius 1 is 1.37 bits per heavy atom. The Balaban J connectivity index is 1.96. The van der Waals surface area contributed by atoms with Crippen molar-refractivity contribution in [1.82, 2.24) is 10.2 Å². The molecule has 2 aliphatic rings. The van der Waals surface area contributed by atoms with Crippen molar-refractivity contribution < 1.29 is 14.3 Å². The molecule has 0 aliphatic carbocycles. The van der Waals surface area contributed by atoms with Crippen molar-refractivity contribution in [2.75, 3.05) is 13.2 Å². The van der Waals surface area contributed by atoms with Gasteiger partial charge in [-0.05, 0) is 25.7 Å². The monoisotopic (exact) mass is 268 g/mol. The first-order chi connectivity index (χ1) is 9.17. The van der Waals surface area contributed by atoms with E-state index in [1.165, 1.54) is 4.90 Å². The van der Waals surface area contributed by atoms with E-state index in [0.717, 1.165) is 32.3 Å². The van der Waals surface area contributed by atoms with Crippen molar-refractivity contribution >= 4 is 11.8 Å². The first kappa shape index (κ1) is 14.5. The van der Waals surface area contributed by atoms with Crippen molar-refractivity contribution in [3.8, 4) is 0 Å². The molecule has 19 heavy (non-hydrogen) atoms. The zero-order valence-electron chi connectivity index (χ0n) is 11.9. The molecule has 5 nitrogen and oxygen atoms in total. The van der Waals surface area contributed by atoms with Crippen molar-refractivity contribution in [3.05, 3.63) is 0 Å². The number of likely N-dealkylation sites (tertiary alicyclic amines) is 1. The SMILES string of the molecule is CCC(CC)N1C(=O)CC(NC2CCCOC2)C1=O. The maximum absolute atomic E-state index is 12.4. The van der Waals surface area contributed by atoms with Gasteiger partial charge in [0.2, 0.25) is 11.8 Å². The molecule has 1 N–H and O–H groups in total. The predicted molar refractivity (Wildman–Crippen MR) is 71.6 cm³/mol. The van der Waals surface area contributed by atoms with Crippen LogP contribution in [0.2, 0.25) is 0 Å². The van der Waals surface area contributed by atoms with E-state index in [1.54, 1.807) is 0 Å². The molecule has 0 spiro atoms. The largest absolute Gasteiger partial charge is 0.380 e. The summed E-state index contributed by atoms with van der Waals surface area (Å²) in [5, 5.41) is 3.29. The smallest absolute Gasteiger partial charge is 0.247 e. The van der Waals surface area contributed by atoms with Crippen LogP contribution in [0.4, 0.5) is 0 Å². The summed E-state index contributed by atoms with van der Waals surface area (Å²) in [4.78, 5) is 25.9. The Morgan fingerprint density at radius 3 is 2.68 bits per heavy atom. The summed E-state index contributed by atoms with van der Waals surface area (Å²) in [6.07, 6.45) is 3.98. The molecule has 2 rings (SSSR count). The number of hydrogen-bond donors (Lipinski definition) is 1. The topological polar surface area (TPSA) is 58.6 Å². The molecule has 2 heterocycles. The molecule has 2 atom stereocenters. The van der Waals surface area contributed by atoms with Gasteiger partial charge in [0.25, 0.3) is 0 Å².